The van der Waals surface area contributed by atoms with E-state index in [2.05, 4.69) is 15.7 Å². The minimum atomic E-state index is -0.824. The van der Waals surface area contributed by atoms with E-state index in [9.17, 15) is 19.2 Å². The number of carbonyl (C=O) groups excluding carboxylic acids is 2. The Labute approximate surface area is 153 Å². The van der Waals surface area contributed by atoms with Gasteiger partial charge in [0.15, 0.2) is 0 Å². The van der Waals surface area contributed by atoms with E-state index in [0.717, 1.165) is 4.68 Å². The fourth-order valence-electron chi connectivity index (χ4n) is 2.59. The number of aromatic nitrogens is 2. The predicted octanol–water partition coefficient (Wildman–Crippen LogP) is 0.104. The third-order valence-electron chi connectivity index (χ3n) is 3.97. The second-order valence-corrected chi connectivity index (χ2v) is 5.96. The van der Waals surface area contributed by atoms with Crippen molar-refractivity contribution in [2.45, 2.75) is 26.1 Å². The zero-order chi connectivity index (χ0) is 19.4. The molecular formula is C18H18N4O5. The van der Waals surface area contributed by atoms with E-state index in [-0.39, 0.29) is 17.3 Å². The van der Waals surface area contributed by atoms with Crippen LogP contribution >= 0.6 is 0 Å². The van der Waals surface area contributed by atoms with E-state index < -0.39 is 35.5 Å². The minimum Gasteiger partial charge on any atom is -0.467 e. The average Bonchev–Trinajstić information content (AvgIpc) is 3.17. The lowest BCUT2D eigenvalue weighted by Crippen LogP contribution is -2.46. The van der Waals surface area contributed by atoms with E-state index in [1.807, 2.05) is 0 Å². The first-order chi connectivity index (χ1) is 13.0. The standard InChI is InChI=1S/C18H18N4O5/c1-11(16(24)19-9-12-5-4-8-27-12)20-15(23)10-22-18(26)14-7-3-2-6-13(14)17(25)21-22/h2-8,11H,9-10H2,1H3,(H,19,24)(H,20,23)(H,21,25). The summed E-state index contributed by atoms with van der Waals surface area (Å²) in [6.07, 6.45) is 1.49. The molecule has 0 radical (unpaired) electrons. The minimum absolute atomic E-state index is 0.198. The van der Waals surface area contributed by atoms with Gasteiger partial charge in [0.25, 0.3) is 11.1 Å². The summed E-state index contributed by atoms with van der Waals surface area (Å²) < 4.78 is 6.03. The van der Waals surface area contributed by atoms with Gasteiger partial charge in [0.1, 0.15) is 18.3 Å². The summed E-state index contributed by atoms with van der Waals surface area (Å²) in [6, 6.07) is 8.93. The molecule has 0 fully saturated rings. The Balaban J connectivity index is 1.64. The number of aromatic amines is 1. The summed E-state index contributed by atoms with van der Waals surface area (Å²) in [5.41, 5.74) is -0.961. The summed E-state index contributed by atoms with van der Waals surface area (Å²) in [5.74, 6) is -0.398. The Kier molecular flexibility index (Phi) is 5.20. The molecule has 9 nitrogen and oxygen atoms in total. The number of hydrogen-bond acceptors (Lipinski definition) is 5. The van der Waals surface area contributed by atoms with Crippen LogP contribution in [0.2, 0.25) is 0 Å². The second kappa shape index (κ2) is 7.73. The van der Waals surface area contributed by atoms with Crippen LogP contribution in [0.15, 0.2) is 56.7 Å². The van der Waals surface area contributed by atoms with Crippen LogP contribution < -0.4 is 21.8 Å². The number of benzene rings is 1. The quantitative estimate of drug-likeness (QED) is 0.567. The molecule has 3 N–H and O–H groups in total. The number of amides is 2. The molecular weight excluding hydrogens is 352 g/mol. The van der Waals surface area contributed by atoms with Crippen molar-refractivity contribution < 1.29 is 14.0 Å². The van der Waals surface area contributed by atoms with Crippen molar-refractivity contribution in [3.05, 3.63) is 69.1 Å². The van der Waals surface area contributed by atoms with E-state index >= 15 is 0 Å². The molecule has 0 spiro atoms. The Morgan fingerprint density at radius 3 is 2.59 bits per heavy atom. The largest absolute Gasteiger partial charge is 0.467 e. The molecule has 3 aromatic rings. The van der Waals surface area contributed by atoms with Crippen LogP contribution in [0.25, 0.3) is 10.8 Å². The third-order valence-corrected chi connectivity index (χ3v) is 3.97. The molecule has 1 aromatic carbocycles. The van der Waals surface area contributed by atoms with Crippen LogP contribution in [0, 0.1) is 0 Å². The number of carbonyl (C=O) groups is 2. The smallest absolute Gasteiger partial charge is 0.273 e. The molecule has 9 heteroatoms. The summed E-state index contributed by atoms with van der Waals surface area (Å²) in [4.78, 5) is 48.6. The molecule has 0 saturated carbocycles. The molecule has 0 aliphatic rings. The van der Waals surface area contributed by atoms with Crippen molar-refractivity contribution in [1.29, 1.82) is 0 Å². The first-order valence-corrected chi connectivity index (χ1v) is 8.27. The highest BCUT2D eigenvalue weighted by atomic mass is 16.3. The maximum absolute atomic E-state index is 12.4. The van der Waals surface area contributed by atoms with Crippen molar-refractivity contribution >= 4 is 22.6 Å². The van der Waals surface area contributed by atoms with Crippen LogP contribution in [0.5, 0.6) is 0 Å². The van der Waals surface area contributed by atoms with E-state index in [4.69, 9.17) is 4.42 Å². The number of nitrogens with zero attached hydrogens (tertiary/aromatic N) is 1. The lowest BCUT2D eigenvalue weighted by molar-refractivity contribution is -0.129. The van der Waals surface area contributed by atoms with Crippen LogP contribution in [0.4, 0.5) is 0 Å². The third kappa shape index (κ3) is 4.14. The number of H-pyrrole nitrogens is 1. The lowest BCUT2D eigenvalue weighted by Gasteiger charge is -2.14. The fraction of sp³-hybridized carbons (Fsp3) is 0.222. The Morgan fingerprint density at radius 1 is 1.15 bits per heavy atom. The second-order valence-electron chi connectivity index (χ2n) is 5.96. The molecule has 2 amide bonds. The van der Waals surface area contributed by atoms with Crippen molar-refractivity contribution in [1.82, 2.24) is 20.4 Å². The number of fused-ring (bicyclic) bond motifs is 1. The highest BCUT2D eigenvalue weighted by Crippen LogP contribution is 2.02. The van der Waals surface area contributed by atoms with Gasteiger partial charge in [0.2, 0.25) is 11.8 Å². The first kappa shape index (κ1) is 18.2. The van der Waals surface area contributed by atoms with Crippen LogP contribution in [-0.2, 0) is 22.7 Å². The Morgan fingerprint density at radius 2 is 1.89 bits per heavy atom. The number of hydrogen-bond donors (Lipinski definition) is 3. The average molecular weight is 370 g/mol. The van der Waals surface area contributed by atoms with Gasteiger partial charge in [-0.1, -0.05) is 12.1 Å². The zero-order valence-electron chi connectivity index (χ0n) is 14.5. The molecule has 0 bridgehead atoms. The molecule has 2 aromatic heterocycles. The van der Waals surface area contributed by atoms with Crippen molar-refractivity contribution in [2.24, 2.45) is 0 Å². The summed E-state index contributed by atoms with van der Waals surface area (Å²) in [5, 5.41) is 7.96. The fourth-order valence-corrected chi connectivity index (χ4v) is 2.59. The molecule has 0 aliphatic heterocycles. The number of rotatable bonds is 6. The maximum atomic E-state index is 12.4. The van der Waals surface area contributed by atoms with Crippen molar-refractivity contribution in [3.8, 4) is 0 Å². The van der Waals surface area contributed by atoms with Gasteiger partial charge in [-0.15, -0.1) is 0 Å². The maximum Gasteiger partial charge on any atom is 0.273 e. The first-order valence-electron chi connectivity index (χ1n) is 8.27. The molecule has 27 heavy (non-hydrogen) atoms. The van der Waals surface area contributed by atoms with Gasteiger partial charge in [-0.3, -0.25) is 24.3 Å². The highest BCUT2D eigenvalue weighted by molar-refractivity contribution is 5.87. The summed E-state index contributed by atoms with van der Waals surface area (Å²) in [6.45, 7) is 1.31. The lowest BCUT2D eigenvalue weighted by atomic mass is 10.2. The molecule has 0 aliphatic carbocycles. The predicted molar refractivity (Wildman–Crippen MR) is 97.0 cm³/mol. The van der Waals surface area contributed by atoms with Gasteiger partial charge in [0.05, 0.1) is 23.6 Å². The number of furan rings is 1. The van der Waals surface area contributed by atoms with Crippen LogP contribution in [0.1, 0.15) is 12.7 Å². The van der Waals surface area contributed by atoms with Crippen molar-refractivity contribution in [2.75, 3.05) is 0 Å². The number of nitrogens with one attached hydrogen (secondary N) is 3. The van der Waals surface area contributed by atoms with Crippen molar-refractivity contribution in [3.63, 3.8) is 0 Å². The molecule has 1 atom stereocenters. The van der Waals surface area contributed by atoms with Crippen LogP contribution in [-0.4, -0.2) is 27.6 Å². The Hall–Kier alpha value is -3.62. The molecule has 2 heterocycles. The van der Waals surface area contributed by atoms with Gasteiger partial charge < -0.3 is 15.1 Å². The van der Waals surface area contributed by atoms with Gasteiger partial charge in [-0.25, -0.2) is 4.68 Å². The van der Waals surface area contributed by atoms with Gasteiger partial charge in [-0.2, -0.15) is 0 Å². The van der Waals surface area contributed by atoms with E-state index in [1.165, 1.54) is 25.3 Å². The highest BCUT2D eigenvalue weighted by Gasteiger charge is 2.17. The monoisotopic (exact) mass is 370 g/mol. The summed E-state index contributed by atoms with van der Waals surface area (Å²) in [7, 11) is 0. The zero-order valence-corrected chi connectivity index (χ0v) is 14.5. The van der Waals surface area contributed by atoms with E-state index in [0.29, 0.717) is 5.76 Å². The molecule has 140 valence electrons. The van der Waals surface area contributed by atoms with Crippen LogP contribution in [0.3, 0.4) is 0 Å². The topological polar surface area (TPSA) is 126 Å². The van der Waals surface area contributed by atoms with Gasteiger partial charge >= 0.3 is 0 Å². The van der Waals surface area contributed by atoms with Gasteiger partial charge in [-0.05, 0) is 31.2 Å². The van der Waals surface area contributed by atoms with Gasteiger partial charge in [0, 0.05) is 0 Å². The van der Waals surface area contributed by atoms with E-state index in [1.54, 1.807) is 24.3 Å². The SMILES string of the molecule is CC(NC(=O)Cn1[nH]c(=O)c2ccccc2c1=O)C(=O)NCc1ccco1. The molecule has 3 rings (SSSR count). The summed E-state index contributed by atoms with van der Waals surface area (Å²) >= 11 is 0. The normalized spacial score (nSPS) is 11.9. The molecule has 1 unspecified atom stereocenters. The Bertz CT molecular complexity index is 1080. The molecule has 0 saturated heterocycles.